The molecule has 0 aliphatic carbocycles. The number of rotatable bonds is 1. The van der Waals surface area contributed by atoms with Gasteiger partial charge in [-0.2, -0.15) is 5.06 Å². The van der Waals surface area contributed by atoms with Gasteiger partial charge in [-0.25, -0.2) is 0 Å². The van der Waals surface area contributed by atoms with Crippen molar-refractivity contribution in [3.63, 3.8) is 0 Å². The maximum Gasteiger partial charge on any atom is 0.306 e. The second-order valence-electron chi connectivity index (χ2n) is 4.48. The lowest BCUT2D eigenvalue weighted by molar-refractivity contribution is -0.217. The van der Waals surface area contributed by atoms with Crippen molar-refractivity contribution in [3.05, 3.63) is 0 Å². The van der Waals surface area contributed by atoms with Crippen LogP contribution < -0.4 is 0 Å². The minimum absolute atomic E-state index is 0.0788. The summed E-state index contributed by atoms with van der Waals surface area (Å²) in [5.41, 5.74) is -0.430. The third kappa shape index (κ3) is 3.47. The predicted octanol–water partition coefficient (Wildman–Crippen LogP) is 2.37. The summed E-state index contributed by atoms with van der Waals surface area (Å²) >= 11 is 0. The zero-order chi connectivity index (χ0) is 12.2. The van der Waals surface area contributed by atoms with E-state index in [0.717, 1.165) is 0 Å². The van der Waals surface area contributed by atoms with Crippen LogP contribution in [0.15, 0.2) is 0 Å². The highest BCUT2D eigenvalue weighted by molar-refractivity contribution is 5.70. The number of hydrogen-bond acceptors (Lipinski definition) is 3. The number of nitrogens with zero attached hydrogens (tertiary/aromatic N) is 1. The van der Waals surface area contributed by atoms with Crippen LogP contribution in [0.4, 0.5) is 0 Å². The quantitative estimate of drug-likeness (QED) is 0.708. The number of hydrogen-bond donors (Lipinski definition) is 2. The van der Waals surface area contributed by atoms with Gasteiger partial charge in [0.15, 0.2) is 0 Å². The summed E-state index contributed by atoms with van der Waals surface area (Å²) in [4.78, 5) is 10.8. The molecule has 1 saturated heterocycles. The molecule has 2 atom stereocenters. The van der Waals surface area contributed by atoms with Gasteiger partial charge in [-0.1, -0.05) is 13.8 Å². The molecule has 0 saturated carbocycles. The van der Waals surface area contributed by atoms with Gasteiger partial charge in [0.05, 0.1) is 5.92 Å². The first kappa shape index (κ1) is 14.4. The molecule has 1 aliphatic rings. The van der Waals surface area contributed by atoms with E-state index in [9.17, 15) is 10.0 Å². The highest BCUT2D eigenvalue weighted by atomic mass is 16.5. The Hall–Kier alpha value is -0.610. The molecule has 2 N–H and O–H groups in total. The second kappa shape index (κ2) is 5.47. The SMILES string of the molecule is CC.CC1CC(C(=O)O)CC(C)(C)N1O. The topological polar surface area (TPSA) is 60.8 Å². The summed E-state index contributed by atoms with van der Waals surface area (Å²) in [6.07, 6.45) is 1.03. The third-order valence-corrected chi connectivity index (χ3v) is 2.76. The van der Waals surface area contributed by atoms with Gasteiger partial charge in [0, 0.05) is 11.6 Å². The summed E-state index contributed by atoms with van der Waals surface area (Å²) in [5, 5.41) is 19.8. The molecular weight excluding hydrogens is 194 g/mol. The second-order valence-corrected chi connectivity index (χ2v) is 4.48. The summed E-state index contributed by atoms with van der Waals surface area (Å²) < 4.78 is 0. The van der Waals surface area contributed by atoms with Crippen molar-refractivity contribution >= 4 is 5.97 Å². The largest absolute Gasteiger partial charge is 0.481 e. The molecule has 0 radical (unpaired) electrons. The van der Waals surface area contributed by atoms with Crippen LogP contribution in [0.3, 0.4) is 0 Å². The molecule has 0 aromatic rings. The Morgan fingerprint density at radius 3 is 2.20 bits per heavy atom. The van der Waals surface area contributed by atoms with Gasteiger partial charge in [0.1, 0.15) is 0 Å². The maximum atomic E-state index is 10.8. The van der Waals surface area contributed by atoms with Crippen molar-refractivity contribution in [1.82, 2.24) is 5.06 Å². The predicted molar refractivity (Wildman–Crippen MR) is 58.9 cm³/mol. The highest BCUT2D eigenvalue weighted by Gasteiger charge is 2.40. The van der Waals surface area contributed by atoms with Crippen molar-refractivity contribution in [2.75, 3.05) is 0 Å². The van der Waals surface area contributed by atoms with Gasteiger partial charge in [0.25, 0.3) is 0 Å². The van der Waals surface area contributed by atoms with E-state index < -0.39 is 11.5 Å². The smallest absolute Gasteiger partial charge is 0.306 e. The first-order valence-electron chi connectivity index (χ1n) is 5.55. The number of carboxylic acid groups (broad SMARTS) is 1. The third-order valence-electron chi connectivity index (χ3n) is 2.76. The van der Waals surface area contributed by atoms with E-state index in [0.29, 0.717) is 12.8 Å². The molecule has 0 bridgehead atoms. The Labute approximate surface area is 91.9 Å². The normalized spacial score (nSPS) is 30.3. The van der Waals surface area contributed by atoms with Gasteiger partial charge in [-0.15, -0.1) is 0 Å². The van der Waals surface area contributed by atoms with Crippen molar-refractivity contribution in [2.45, 2.75) is 59.0 Å². The monoisotopic (exact) mass is 217 g/mol. The van der Waals surface area contributed by atoms with Crippen molar-refractivity contribution in [1.29, 1.82) is 0 Å². The Morgan fingerprint density at radius 2 is 1.87 bits per heavy atom. The van der Waals surface area contributed by atoms with Crippen LogP contribution in [0, 0.1) is 5.92 Å². The van der Waals surface area contributed by atoms with Crippen LogP contribution in [0.25, 0.3) is 0 Å². The number of aliphatic carboxylic acids is 1. The van der Waals surface area contributed by atoms with Gasteiger partial charge in [0.2, 0.25) is 0 Å². The van der Waals surface area contributed by atoms with Crippen LogP contribution in [0.5, 0.6) is 0 Å². The fourth-order valence-corrected chi connectivity index (χ4v) is 2.08. The molecule has 1 rings (SSSR count). The fraction of sp³-hybridized carbons (Fsp3) is 0.909. The Morgan fingerprint density at radius 1 is 1.40 bits per heavy atom. The zero-order valence-corrected chi connectivity index (χ0v) is 10.3. The number of piperidine rings is 1. The van der Waals surface area contributed by atoms with Crippen molar-refractivity contribution in [2.24, 2.45) is 5.92 Å². The van der Waals surface area contributed by atoms with Crippen LogP contribution >= 0.6 is 0 Å². The van der Waals surface area contributed by atoms with Gasteiger partial charge < -0.3 is 10.3 Å². The molecule has 1 heterocycles. The van der Waals surface area contributed by atoms with Crippen LogP contribution in [-0.2, 0) is 4.79 Å². The van der Waals surface area contributed by atoms with E-state index >= 15 is 0 Å². The summed E-state index contributed by atoms with van der Waals surface area (Å²) in [7, 11) is 0. The fourth-order valence-electron chi connectivity index (χ4n) is 2.08. The lowest BCUT2D eigenvalue weighted by atomic mass is 9.81. The van der Waals surface area contributed by atoms with Crippen LogP contribution in [0.2, 0.25) is 0 Å². The molecule has 0 amide bonds. The first-order valence-corrected chi connectivity index (χ1v) is 5.55. The molecular formula is C11H23NO3. The standard InChI is InChI=1S/C9H17NO3.C2H6/c1-6-4-7(8(11)12)5-9(2,3)10(6)13;1-2/h6-7,13H,4-5H2,1-3H3,(H,11,12);1-2H3. The lowest BCUT2D eigenvalue weighted by Crippen LogP contribution is -2.53. The average molecular weight is 217 g/mol. The van der Waals surface area contributed by atoms with E-state index in [1.54, 1.807) is 0 Å². The van der Waals surface area contributed by atoms with Crippen molar-refractivity contribution < 1.29 is 15.1 Å². The van der Waals surface area contributed by atoms with E-state index in [4.69, 9.17) is 5.11 Å². The molecule has 0 aromatic carbocycles. The zero-order valence-electron chi connectivity index (χ0n) is 10.3. The number of carbonyl (C=O) groups is 1. The molecule has 0 spiro atoms. The Kier molecular flexibility index (Phi) is 5.24. The average Bonchev–Trinajstić information content (AvgIpc) is 2.16. The number of hydroxylamine groups is 2. The van der Waals surface area contributed by atoms with E-state index in [-0.39, 0.29) is 12.0 Å². The van der Waals surface area contributed by atoms with E-state index in [1.807, 2.05) is 34.6 Å². The molecule has 0 aromatic heterocycles. The van der Waals surface area contributed by atoms with E-state index in [1.165, 1.54) is 5.06 Å². The van der Waals surface area contributed by atoms with Gasteiger partial charge in [-0.05, 0) is 33.6 Å². The minimum atomic E-state index is -0.756. The van der Waals surface area contributed by atoms with Crippen LogP contribution in [-0.4, -0.2) is 32.9 Å². The lowest BCUT2D eigenvalue weighted by Gasteiger charge is -2.44. The molecule has 90 valence electrons. The summed E-state index contributed by atoms with van der Waals surface area (Å²) in [5.74, 6) is -1.08. The maximum absolute atomic E-state index is 10.8. The van der Waals surface area contributed by atoms with Gasteiger partial charge >= 0.3 is 5.97 Å². The Bertz CT molecular complexity index is 216. The minimum Gasteiger partial charge on any atom is -0.481 e. The number of carboxylic acids is 1. The molecule has 1 aliphatic heterocycles. The molecule has 4 nitrogen and oxygen atoms in total. The molecule has 4 heteroatoms. The molecule has 1 fully saturated rings. The first-order chi connectivity index (χ1) is 6.84. The summed E-state index contributed by atoms with van der Waals surface area (Å²) in [6, 6.07) is -0.0788. The summed E-state index contributed by atoms with van der Waals surface area (Å²) in [6.45, 7) is 9.56. The molecule has 2 unspecified atom stereocenters. The van der Waals surface area contributed by atoms with Crippen LogP contribution in [0.1, 0.15) is 47.5 Å². The Balaban J connectivity index is 0.000000921. The van der Waals surface area contributed by atoms with Gasteiger partial charge in [-0.3, -0.25) is 4.79 Å². The molecule has 15 heavy (non-hydrogen) atoms. The van der Waals surface area contributed by atoms with Crippen molar-refractivity contribution in [3.8, 4) is 0 Å². The van der Waals surface area contributed by atoms with E-state index in [2.05, 4.69) is 0 Å². The highest BCUT2D eigenvalue weighted by Crippen LogP contribution is 2.33.